The Balaban J connectivity index is 1.74. The fourth-order valence-electron chi connectivity index (χ4n) is 3.24. The molecule has 0 aliphatic carbocycles. The molecule has 3 rings (SSSR count). The summed E-state index contributed by atoms with van der Waals surface area (Å²) >= 11 is 1.30. The summed E-state index contributed by atoms with van der Waals surface area (Å²) in [5, 5.41) is 0.577. The van der Waals surface area contributed by atoms with Gasteiger partial charge in [-0.25, -0.2) is 18.4 Å². The van der Waals surface area contributed by atoms with Crippen molar-refractivity contribution in [2.75, 3.05) is 17.3 Å². The van der Waals surface area contributed by atoms with Gasteiger partial charge in [0.15, 0.2) is 15.0 Å². The van der Waals surface area contributed by atoms with Gasteiger partial charge >= 0.3 is 0 Å². The molecule has 6 nitrogen and oxygen atoms in total. The summed E-state index contributed by atoms with van der Waals surface area (Å²) in [4.78, 5) is 23.6. The zero-order chi connectivity index (χ0) is 20.3. The van der Waals surface area contributed by atoms with E-state index in [1.54, 1.807) is 4.90 Å². The molecule has 8 heteroatoms. The van der Waals surface area contributed by atoms with Gasteiger partial charge in [0.25, 0.3) is 0 Å². The number of amides is 1. The van der Waals surface area contributed by atoms with Gasteiger partial charge in [-0.05, 0) is 38.3 Å². The Morgan fingerprint density at radius 1 is 1.14 bits per heavy atom. The van der Waals surface area contributed by atoms with Crippen molar-refractivity contribution in [2.24, 2.45) is 0 Å². The lowest BCUT2D eigenvalue weighted by Gasteiger charge is -2.28. The molecule has 0 N–H and O–H groups in total. The maximum absolute atomic E-state index is 13.0. The van der Waals surface area contributed by atoms with E-state index in [-0.39, 0.29) is 29.2 Å². The largest absolute Gasteiger partial charge is 0.334 e. The van der Waals surface area contributed by atoms with E-state index in [1.165, 1.54) is 11.8 Å². The van der Waals surface area contributed by atoms with Gasteiger partial charge in [-0.2, -0.15) is 0 Å². The first-order valence-corrected chi connectivity index (χ1v) is 12.0. The van der Waals surface area contributed by atoms with Gasteiger partial charge in [0.05, 0.1) is 17.3 Å². The van der Waals surface area contributed by atoms with E-state index < -0.39 is 9.84 Å². The topological polar surface area (TPSA) is 80.2 Å². The normalized spacial score (nSPS) is 18.2. The molecule has 2 aromatic rings. The highest BCUT2D eigenvalue weighted by Gasteiger charge is 2.34. The third-order valence-corrected chi connectivity index (χ3v) is 7.68. The van der Waals surface area contributed by atoms with Crippen molar-refractivity contribution >= 4 is 27.5 Å². The number of rotatable bonds is 6. The van der Waals surface area contributed by atoms with Crippen LogP contribution in [0.1, 0.15) is 28.9 Å². The van der Waals surface area contributed by atoms with Crippen LogP contribution in [0.3, 0.4) is 0 Å². The lowest BCUT2D eigenvalue weighted by molar-refractivity contribution is -0.130. The van der Waals surface area contributed by atoms with Gasteiger partial charge in [-0.3, -0.25) is 4.79 Å². The van der Waals surface area contributed by atoms with Crippen LogP contribution < -0.4 is 0 Å². The molecule has 0 saturated carbocycles. The smallest absolute Gasteiger partial charge is 0.233 e. The second kappa shape index (κ2) is 8.61. The Morgan fingerprint density at radius 2 is 1.79 bits per heavy atom. The lowest BCUT2D eigenvalue weighted by Crippen LogP contribution is -2.41. The number of hydrogen-bond acceptors (Lipinski definition) is 6. The number of carbonyl (C=O) groups excluding carboxylic acids is 1. The summed E-state index contributed by atoms with van der Waals surface area (Å²) in [6.45, 7) is 6.25. The average molecular weight is 420 g/mol. The molecular weight excluding hydrogens is 394 g/mol. The van der Waals surface area contributed by atoms with Gasteiger partial charge in [0, 0.05) is 24.0 Å². The molecule has 1 atom stereocenters. The van der Waals surface area contributed by atoms with Crippen molar-refractivity contribution in [2.45, 2.75) is 44.9 Å². The second-order valence-electron chi connectivity index (χ2n) is 7.15. The first-order chi connectivity index (χ1) is 13.2. The number of nitrogens with zero attached hydrogens (tertiary/aromatic N) is 3. The standard InChI is InChI=1S/C20H25N3O3S2/c1-14-15(2)21-20(22-16(14)3)27-12-19(24)23(11-17-7-5-4-6-8-17)18-9-10-28(25,26)13-18/h4-8,18H,9-13H2,1-3H3/t18-/m0/s1. The molecule has 1 fully saturated rings. The summed E-state index contributed by atoms with van der Waals surface area (Å²) in [5.74, 6) is 0.277. The average Bonchev–Trinajstić information content (AvgIpc) is 3.02. The third-order valence-electron chi connectivity index (χ3n) is 5.10. The third kappa shape index (κ3) is 5.11. The molecule has 0 radical (unpaired) electrons. The van der Waals surface area contributed by atoms with Gasteiger partial charge in [0.1, 0.15) is 0 Å². The van der Waals surface area contributed by atoms with E-state index in [1.807, 2.05) is 51.1 Å². The predicted molar refractivity (Wildman–Crippen MR) is 111 cm³/mol. The zero-order valence-corrected chi connectivity index (χ0v) is 18.0. The Bertz CT molecular complexity index is 939. The molecule has 1 aliphatic rings. The minimum atomic E-state index is -3.07. The quantitative estimate of drug-likeness (QED) is 0.529. The first kappa shape index (κ1) is 20.8. The molecule has 2 heterocycles. The zero-order valence-electron chi connectivity index (χ0n) is 16.4. The minimum absolute atomic E-state index is 0.0372. The molecule has 1 saturated heterocycles. The number of aromatic nitrogens is 2. The molecule has 1 aromatic heterocycles. The van der Waals surface area contributed by atoms with Crippen LogP contribution in [-0.4, -0.2) is 52.5 Å². The summed E-state index contributed by atoms with van der Waals surface area (Å²) in [6.07, 6.45) is 0.491. The van der Waals surface area contributed by atoms with E-state index in [2.05, 4.69) is 9.97 Å². The highest BCUT2D eigenvalue weighted by Crippen LogP contribution is 2.23. The van der Waals surface area contributed by atoms with E-state index in [9.17, 15) is 13.2 Å². The van der Waals surface area contributed by atoms with Crippen LogP contribution in [0.4, 0.5) is 0 Å². The van der Waals surface area contributed by atoms with Crippen LogP contribution in [-0.2, 0) is 21.2 Å². The van der Waals surface area contributed by atoms with Crippen molar-refractivity contribution in [3.63, 3.8) is 0 Å². The Kier molecular flexibility index (Phi) is 6.40. The number of hydrogen-bond donors (Lipinski definition) is 0. The summed E-state index contributed by atoms with van der Waals surface area (Å²) in [6, 6.07) is 9.39. The number of carbonyl (C=O) groups is 1. The minimum Gasteiger partial charge on any atom is -0.334 e. The highest BCUT2D eigenvalue weighted by atomic mass is 32.2. The van der Waals surface area contributed by atoms with Crippen molar-refractivity contribution in [1.82, 2.24) is 14.9 Å². The molecule has 1 aliphatic heterocycles. The summed E-state index contributed by atoms with van der Waals surface area (Å²) < 4.78 is 23.9. The number of aryl methyl sites for hydroxylation is 2. The molecule has 150 valence electrons. The monoisotopic (exact) mass is 419 g/mol. The highest BCUT2D eigenvalue weighted by molar-refractivity contribution is 7.99. The van der Waals surface area contributed by atoms with E-state index >= 15 is 0 Å². The van der Waals surface area contributed by atoms with E-state index in [0.717, 1.165) is 22.5 Å². The second-order valence-corrected chi connectivity index (χ2v) is 10.3. The van der Waals surface area contributed by atoms with Gasteiger partial charge in [0.2, 0.25) is 5.91 Å². The van der Waals surface area contributed by atoms with Crippen LogP contribution in [0.2, 0.25) is 0 Å². The van der Waals surface area contributed by atoms with Crippen molar-refractivity contribution < 1.29 is 13.2 Å². The Labute approximate surface area is 170 Å². The molecular formula is C20H25N3O3S2. The van der Waals surface area contributed by atoms with E-state index in [4.69, 9.17) is 0 Å². The molecule has 28 heavy (non-hydrogen) atoms. The maximum atomic E-state index is 13.0. The van der Waals surface area contributed by atoms with Crippen LogP contribution in [0.15, 0.2) is 35.5 Å². The SMILES string of the molecule is Cc1nc(SCC(=O)N(Cc2ccccc2)[C@H]2CCS(=O)(=O)C2)nc(C)c1C. The number of benzene rings is 1. The van der Waals surface area contributed by atoms with Crippen molar-refractivity contribution in [1.29, 1.82) is 0 Å². The van der Waals surface area contributed by atoms with Gasteiger partial charge < -0.3 is 4.90 Å². The summed E-state index contributed by atoms with van der Waals surface area (Å²) in [7, 11) is -3.07. The van der Waals surface area contributed by atoms with Crippen LogP contribution >= 0.6 is 11.8 Å². The van der Waals surface area contributed by atoms with Crippen molar-refractivity contribution in [3.05, 3.63) is 52.8 Å². The van der Waals surface area contributed by atoms with Gasteiger partial charge in [-0.1, -0.05) is 42.1 Å². The lowest BCUT2D eigenvalue weighted by atomic mass is 10.1. The predicted octanol–water partition coefficient (Wildman–Crippen LogP) is 2.71. The van der Waals surface area contributed by atoms with Gasteiger partial charge in [-0.15, -0.1) is 0 Å². The molecule has 1 amide bonds. The fraction of sp³-hybridized carbons (Fsp3) is 0.450. The van der Waals surface area contributed by atoms with Crippen LogP contribution in [0, 0.1) is 20.8 Å². The van der Waals surface area contributed by atoms with Crippen LogP contribution in [0.5, 0.6) is 0 Å². The van der Waals surface area contributed by atoms with E-state index in [0.29, 0.717) is 18.1 Å². The fourth-order valence-corrected chi connectivity index (χ4v) is 5.79. The van der Waals surface area contributed by atoms with Crippen molar-refractivity contribution in [3.8, 4) is 0 Å². The van der Waals surface area contributed by atoms with Crippen LogP contribution in [0.25, 0.3) is 0 Å². The Morgan fingerprint density at radius 3 is 2.36 bits per heavy atom. The number of sulfone groups is 1. The number of thioether (sulfide) groups is 1. The molecule has 0 bridgehead atoms. The summed E-state index contributed by atoms with van der Waals surface area (Å²) in [5.41, 5.74) is 3.86. The molecule has 0 unspecified atom stereocenters. The first-order valence-electron chi connectivity index (χ1n) is 9.23. The molecule has 0 spiro atoms. The maximum Gasteiger partial charge on any atom is 0.233 e. The Hall–Kier alpha value is -1.93. The molecule has 1 aromatic carbocycles.